The van der Waals surface area contributed by atoms with Gasteiger partial charge >= 0.3 is 5.97 Å². The van der Waals surface area contributed by atoms with Crippen molar-refractivity contribution in [1.29, 1.82) is 0 Å². The lowest BCUT2D eigenvalue weighted by molar-refractivity contribution is -0.145. The molecule has 0 bridgehead atoms. The molecule has 0 spiro atoms. The van der Waals surface area contributed by atoms with E-state index in [0.717, 1.165) is 0 Å². The highest BCUT2D eigenvalue weighted by Crippen LogP contribution is 2.38. The molecule has 1 heterocycles. The Morgan fingerprint density at radius 1 is 1.29 bits per heavy atom. The molecular weight excluding hydrogens is 261 g/mol. The van der Waals surface area contributed by atoms with E-state index >= 15 is 0 Å². The first-order valence-electron chi connectivity index (χ1n) is 5.46. The molecule has 17 heavy (non-hydrogen) atoms. The van der Waals surface area contributed by atoms with Crippen LogP contribution in [0.15, 0.2) is 18.2 Å². The summed E-state index contributed by atoms with van der Waals surface area (Å²) < 4.78 is 0. The van der Waals surface area contributed by atoms with Crippen LogP contribution >= 0.6 is 23.2 Å². The predicted molar refractivity (Wildman–Crippen MR) is 67.9 cm³/mol. The molecule has 1 aromatic carbocycles. The molecular formula is C12H13Cl2NO2. The SMILES string of the molecule is O=C(O)C1(c2ccc(Cl)cc2Cl)CCNCC1. The van der Waals surface area contributed by atoms with Crippen molar-refractivity contribution in [3.05, 3.63) is 33.8 Å². The zero-order valence-electron chi connectivity index (χ0n) is 9.17. The molecule has 0 atom stereocenters. The van der Waals surface area contributed by atoms with Gasteiger partial charge in [-0.05, 0) is 43.6 Å². The average Bonchev–Trinajstić information content (AvgIpc) is 2.29. The van der Waals surface area contributed by atoms with Crippen LogP contribution in [0, 0.1) is 0 Å². The van der Waals surface area contributed by atoms with E-state index in [9.17, 15) is 9.90 Å². The van der Waals surface area contributed by atoms with Crippen LogP contribution in [0.25, 0.3) is 0 Å². The van der Waals surface area contributed by atoms with Crippen LogP contribution in [-0.2, 0) is 10.2 Å². The summed E-state index contributed by atoms with van der Waals surface area (Å²) in [7, 11) is 0. The molecule has 1 aliphatic rings. The average molecular weight is 274 g/mol. The molecule has 5 heteroatoms. The van der Waals surface area contributed by atoms with Gasteiger partial charge in [-0.1, -0.05) is 29.3 Å². The highest BCUT2D eigenvalue weighted by molar-refractivity contribution is 6.35. The van der Waals surface area contributed by atoms with Crippen molar-refractivity contribution < 1.29 is 9.90 Å². The molecule has 0 amide bonds. The van der Waals surface area contributed by atoms with Crippen LogP contribution < -0.4 is 5.32 Å². The molecule has 0 aromatic heterocycles. The number of rotatable bonds is 2. The Balaban J connectivity index is 2.49. The summed E-state index contributed by atoms with van der Waals surface area (Å²) in [6, 6.07) is 5.02. The van der Waals surface area contributed by atoms with Crippen LogP contribution in [0.5, 0.6) is 0 Å². The third kappa shape index (κ3) is 2.28. The molecule has 0 saturated carbocycles. The minimum Gasteiger partial charge on any atom is -0.481 e. The van der Waals surface area contributed by atoms with E-state index in [1.54, 1.807) is 18.2 Å². The van der Waals surface area contributed by atoms with Gasteiger partial charge in [0.05, 0.1) is 5.41 Å². The molecule has 1 saturated heterocycles. The summed E-state index contributed by atoms with van der Waals surface area (Å²) in [6.07, 6.45) is 1.09. The van der Waals surface area contributed by atoms with Crippen LogP contribution in [0.3, 0.4) is 0 Å². The fourth-order valence-electron chi connectivity index (χ4n) is 2.33. The molecule has 2 rings (SSSR count). The molecule has 0 unspecified atom stereocenters. The zero-order chi connectivity index (χ0) is 12.5. The normalized spacial score (nSPS) is 18.9. The molecule has 92 valence electrons. The van der Waals surface area contributed by atoms with Crippen molar-refractivity contribution >= 4 is 29.2 Å². The maximum absolute atomic E-state index is 11.6. The van der Waals surface area contributed by atoms with E-state index in [1.165, 1.54) is 0 Å². The van der Waals surface area contributed by atoms with Gasteiger partial charge < -0.3 is 10.4 Å². The largest absolute Gasteiger partial charge is 0.481 e. The first kappa shape index (κ1) is 12.7. The maximum atomic E-state index is 11.6. The Labute approximate surface area is 110 Å². The number of hydrogen-bond acceptors (Lipinski definition) is 2. The van der Waals surface area contributed by atoms with Crippen LogP contribution in [0.2, 0.25) is 10.0 Å². The van der Waals surface area contributed by atoms with E-state index in [0.29, 0.717) is 41.5 Å². The Morgan fingerprint density at radius 2 is 1.94 bits per heavy atom. The van der Waals surface area contributed by atoms with Gasteiger partial charge in [-0.3, -0.25) is 4.79 Å². The van der Waals surface area contributed by atoms with Gasteiger partial charge in [0.15, 0.2) is 0 Å². The fraction of sp³-hybridized carbons (Fsp3) is 0.417. The predicted octanol–water partition coefficient (Wildman–Crippen LogP) is 2.70. The van der Waals surface area contributed by atoms with Crippen molar-refractivity contribution in [2.24, 2.45) is 0 Å². The maximum Gasteiger partial charge on any atom is 0.314 e. The lowest BCUT2D eigenvalue weighted by Gasteiger charge is -2.34. The van der Waals surface area contributed by atoms with Crippen molar-refractivity contribution in [3.63, 3.8) is 0 Å². The Bertz CT molecular complexity index is 442. The standard InChI is InChI=1S/C12H13Cl2NO2/c13-8-1-2-9(10(14)7-8)12(11(16)17)3-5-15-6-4-12/h1-2,7,15H,3-6H2,(H,16,17). The third-order valence-corrected chi connectivity index (χ3v) is 3.86. The molecule has 1 fully saturated rings. The van der Waals surface area contributed by atoms with Crippen molar-refractivity contribution in [3.8, 4) is 0 Å². The van der Waals surface area contributed by atoms with Gasteiger partial charge in [0.1, 0.15) is 0 Å². The molecule has 0 aliphatic carbocycles. The minimum absolute atomic E-state index is 0.432. The number of carbonyl (C=O) groups is 1. The second-order valence-electron chi connectivity index (χ2n) is 4.26. The van der Waals surface area contributed by atoms with Gasteiger partial charge in [-0.2, -0.15) is 0 Å². The van der Waals surface area contributed by atoms with Crippen molar-refractivity contribution in [1.82, 2.24) is 5.32 Å². The summed E-state index contributed by atoms with van der Waals surface area (Å²) in [5.41, 5.74) is -0.218. The van der Waals surface area contributed by atoms with Crippen LogP contribution in [0.1, 0.15) is 18.4 Å². The monoisotopic (exact) mass is 273 g/mol. The first-order chi connectivity index (χ1) is 8.06. The van der Waals surface area contributed by atoms with Gasteiger partial charge in [0.2, 0.25) is 0 Å². The summed E-state index contributed by atoms with van der Waals surface area (Å²) >= 11 is 12.0. The number of benzene rings is 1. The summed E-state index contributed by atoms with van der Waals surface area (Å²) in [5.74, 6) is -0.816. The second-order valence-corrected chi connectivity index (χ2v) is 5.11. The van der Waals surface area contributed by atoms with Crippen molar-refractivity contribution in [2.45, 2.75) is 18.3 Å². The smallest absolute Gasteiger partial charge is 0.314 e. The molecule has 2 N–H and O–H groups in total. The highest BCUT2D eigenvalue weighted by atomic mass is 35.5. The zero-order valence-corrected chi connectivity index (χ0v) is 10.7. The number of halogens is 2. The first-order valence-corrected chi connectivity index (χ1v) is 6.21. The van der Waals surface area contributed by atoms with Gasteiger partial charge in [0.25, 0.3) is 0 Å². The number of carboxylic acids is 1. The molecule has 0 radical (unpaired) electrons. The lowest BCUT2D eigenvalue weighted by atomic mass is 9.73. The van der Waals surface area contributed by atoms with E-state index in [4.69, 9.17) is 23.2 Å². The summed E-state index contributed by atoms with van der Waals surface area (Å²) in [5, 5.41) is 13.6. The van der Waals surface area contributed by atoms with E-state index in [1.807, 2.05) is 0 Å². The number of piperidine rings is 1. The Morgan fingerprint density at radius 3 is 2.47 bits per heavy atom. The molecule has 1 aliphatic heterocycles. The highest BCUT2D eigenvalue weighted by Gasteiger charge is 2.42. The van der Waals surface area contributed by atoms with Gasteiger partial charge in [0, 0.05) is 10.0 Å². The fourth-order valence-corrected chi connectivity index (χ4v) is 2.92. The van der Waals surface area contributed by atoms with Gasteiger partial charge in [-0.15, -0.1) is 0 Å². The van der Waals surface area contributed by atoms with E-state index < -0.39 is 11.4 Å². The number of aliphatic carboxylic acids is 1. The van der Waals surface area contributed by atoms with E-state index in [-0.39, 0.29) is 0 Å². The minimum atomic E-state index is -0.882. The third-order valence-electron chi connectivity index (χ3n) is 3.31. The Hall–Kier alpha value is -0.770. The molecule has 1 aromatic rings. The second kappa shape index (κ2) is 4.84. The van der Waals surface area contributed by atoms with Crippen LogP contribution in [-0.4, -0.2) is 24.2 Å². The van der Waals surface area contributed by atoms with Gasteiger partial charge in [-0.25, -0.2) is 0 Å². The Kier molecular flexibility index (Phi) is 3.61. The van der Waals surface area contributed by atoms with E-state index in [2.05, 4.69) is 5.32 Å². The molecule has 3 nitrogen and oxygen atoms in total. The number of carboxylic acid groups (broad SMARTS) is 1. The summed E-state index contributed by atoms with van der Waals surface area (Å²) in [4.78, 5) is 11.6. The number of hydrogen-bond donors (Lipinski definition) is 2. The summed E-state index contributed by atoms with van der Waals surface area (Å²) in [6.45, 7) is 1.37. The lowest BCUT2D eigenvalue weighted by Crippen LogP contribution is -2.45. The quantitative estimate of drug-likeness (QED) is 0.871. The van der Waals surface area contributed by atoms with Crippen LogP contribution in [0.4, 0.5) is 0 Å². The number of nitrogens with one attached hydrogen (secondary N) is 1. The van der Waals surface area contributed by atoms with Crippen molar-refractivity contribution in [2.75, 3.05) is 13.1 Å². The topological polar surface area (TPSA) is 49.3 Å².